The van der Waals surface area contributed by atoms with Crippen molar-refractivity contribution in [2.24, 2.45) is 0 Å². The first-order chi connectivity index (χ1) is 9.95. The number of non-ortho nitro benzene ring substituents is 1. The van der Waals surface area contributed by atoms with Crippen LogP contribution < -0.4 is 4.90 Å². The molecule has 1 fully saturated rings. The predicted octanol–water partition coefficient (Wildman–Crippen LogP) is 1.57. The quantitative estimate of drug-likeness (QED) is 0.625. The van der Waals surface area contributed by atoms with Crippen molar-refractivity contribution in [1.82, 2.24) is 4.90 Å². The highest BCUT2D eigenvalue weighted by Gasteiger charge is 2.34. The van der Waals surface area contributed by atoms with Crippen LogP contribution in [0.1, 0.15) is 20.3 Å². The van der Waals surface area contributed by atoms with Crippen LogP contribution in [0, 0.1) is 10.1 Å². The van der Waals surface area contributed by atoms with E-state index in [2.05, 4.69) is 0 Å². The molecule has 7 heteroatoms. The number of anilines is 1. The first-order valence-corrected chi connectivity index (χ1v) is 6.81. The number of carbonyl (C=O) groups excluding carboxylic acids is 2. The lowest BCUT2D eigenvalue weighted by Gasteiger charge is -2.39. The van der Waals surface area contributed by atoms with E-state index in [4.69, 9.17) is 0 Å². The lowest BCUT2D eigenvalue weighted by atomic mass is 10.1. The minimum Gasteiger partial charge on any atom is -0.329 e. The van der Waals surface area contributed by atoms with Crippen molar-refractivity contribution in [3.63, 3.8) is 0 Å². The van der Waals surface area contributed by atoms with Crippen molar-refractivity contribution in [2.75, 3.05) is 18.0 Å². The molecule has 2 rings (SSSR count). The van der Waals surface area contributed by atoms with E-state index in [1.165, 1.54) is 12.1 Å². The van der Waals surface area contributed by atoms with Crippen molar-refractivity contribution in [1.29, 1.82) is 0 Å². The number of piperazine rings is 1. The van der Waals surface area contributed by atoms with Crippen molar-refractivity contribution in [3.8, 4) is 0 Å². The van der Waals surface area contributed by atoms with Crippen LogP contribution in [0.2, 0.25) is 0 Å². The summed E-state index contributed by atoms with van der Waals surface area (Å²) in [7, 11) is 0. The molecule has 0 bridgehead atoms. The smallest absolute Gasteiger partial charge is 0.269 e. The molecule has 2 amide bonds. The molecule has 7 nitrogen and oxygen atoms in total. The van der Waals surface area contributed by atoms with Gasteiger partial charge in [-0.15, -0.1) is 0 Å². The van der Waals surface area contributed by atoms with Gasteiger partial charge in [0.2, 0.25) is 11.8 Å². The molecule has 0 radical (unpaired) electrons. The third kappa shape index (κ3) is 2.86. The van der Waals surface area contributed by atoms with Crippen LogP contribution in [-0.2, 0) is 9.59 Å². The largest absolute Gasteiger partial charge is 0.329 e. The number of nitrogens with zero attached hydrogens (tertiary/aromatic N) is 3. The summed E-state index contributed by atoms with van der Waals surface area (Å²) >= 11 is 0. The maximum Gasteiger partial charge on any atom is 0.269 e. The van der Waals surface area contributed by atoms with Gasteiger partial charge in [-0.3, -0.25) is 19.7 Å². The van der Waals surface area contributed by atoms with Crippen molar-refractivity contribution in [2.45, 2.75) is 26.3 Å². The zero-order valence-electron chi connectivity index (χ0n) is 12.0. The minimum absolute atomic E-state index is 0.0148. The van der Waals surface area contributed by atoms with Crippen LogP contribution in [0.4, 0.5) is 11.4 Å². The highest BCUT2D eigenvalue weighted by Crippen LogP contribution is 2.23. The van der Waals surface area contributed by atoms with Gasteiger partial charge in [0, 0.05) is 37.3 Å². The van der Waals surface area contributed by atoms with E-state index in [-0.39, 0.29) is 17.5 Å². The minimum atomic E-state index is -0.513. The molecule has 0 saturated carbocycles. The van der Waals surface area contributed by atoms with Gasteiger partial charge in [0.05, 0.1) is 4.92 Å². The zero-order valence-corrected chi connectivity index (χ0v) is 12.0. The molecule has 1 aliphatic rings. The molecule has 0 N–H and O–H groups in total. The second-order valence-corrected chi connectivity index (χ2v) is 4.88. The van der Waals surface area contributed by atoms with Crippen LogP contribution in [0.25, 0.3) is 0 Å². The normalized spacial score (nSPS) is 18.8. The fourth-order valence-electron chi connectivity index (χ4n) is 2.42. The third-order valence-corrected chi connectivity index (χ3v) is 3.65. The molecule has 1 aliphatic heterocycles. The number of hydrogen-bond acceptors (Lipinski definition) is 4. The van der Waals surface area contributed by atoms with E-state index < -0.39 is 11.0 Å². The topological polar surface area (TPSA) is 83.8 Å². The molecule has 1 atom stereocenters. The highest BCUT2D eigenvalue weighted by atomic mass is 16.6. The first-order valence-electron chi connectivity index (χ1n) is 6.81. The van der Waals surface area contributed by atoms with Crippen molar-refractivity contribution >= 4 is 23.2 Å². The summed E-state index contributed by atoms with van der Waals surface area (Å²) in [5.41, 5.74) is 0.597. The van der Waals surface area contributed by atoms with Crippen LogP contribution in [0.15, 0.2) is 24.3 Å². The number of nitro groups is 1. The molecule has 1 saturated heterocycles. The number of amides is 2. The first kappa shape index (κ1) is 15.0. The second kappa shape index (κ2) is 5.90. The maximum atomic E-state index is 12.4. The van der Waals surface area contributed by atoms with E-state index in [1.807, 2.05) is 0 Å². The molecule has 21 heavy (non-hydrogen) atoms. The van der Waals surface area contributed by atoms with Gasteiger partial charge < -0.3 is 9.80 Å². The number of rotatable bonds is 3. The Balaban J connectivity index is 2.17. The summed E-state index contributed by atoms with van der Waals surface area (Å²) < 4.78 is 0. The molecular formula is C14H17N3O4. The van der Waals surface area contributed by atoms with E-state index in [0.29, 0.717) is 25.2 Å². The Hall–Kier alpha value is -2.44. The lowest BCUT2D eigenvalue weighted by molar-refractivity contribution is -0.384. The number of benzene rings is 1. The average molecular weight is 291 g/mol. The molecule has 1 aromatic carbocycles. The van der Waals surface area contributed by atoms with Gasteiger partial charge in [0.1, 0.15) is 6.04 Å². The molecule has 0 spiro atoms. The average Bonchev–Trinajstić information content (AvgIpc) is 2.49. The van der Waals surface area contributed by atoms with Crippen molar-refractivity contribution in [3.05, 3.63) is 34.4 Å². The van der Waals surface area contributed by atoms with E-state index in [1.54, 1.807) is 35.8 Å². The number of nitro benzene ring substituents is 1. The summed E-state index contributed by atoms with van der Waals surface area (Å²) in [5, 5.41) is 10.6. The monoisotopic (exact) mass is 291 g/mol. The predicted molar refractivity (Wildman–Crippen MR) is 76.9 cm³/mol. The van der Waals surface area contributed by atoms with Crippen LogP contribution in [0.3, 0.4) is 0 Å². The van der Waals surface area contributed by atoms with Crippen LogP contribution in [-0.4, -0.2) is 40.8 Å². The second-order valence-electron chi connectivity index (χ2n) is 4.88. The summed E-state index contributed by atoms with van der Waals surface area (Å²) in [5.74, 6) is -0.212. The van der Waals surface area contributed by atoms with E-state index >= 15 is 0 Å². The molecule has 1 heterocycles. The highest BCUT2D eigenvalue weighted by molar-refractivity contribution is 6.00. The molecule has 0 unspecified atom stereocenters. The summed E-state index contributed by atoms with van der Waals surface area (Å²) in [6.45, 7) is 4.33. The molecule has 1 aromatic rings. The molecular weight excluding hydrogens is 274 g/mol. The van der Waals surface area contributed by atoms with Gasteiger partial charge >= 0.3 is 0 Å². The Kier molecular flexibility index (Phi) is 4.21. The Labute approximate surface area is 122 Å². The van der Waals surface area contributed by atoms with Gasteiger partial charge in [0.25, 0.3) is 5.69 Å². The van der Waals surface area contributed by atoms with Crippen LogP contribution >= 0.6 is 0 Å². The van der Waals surface area contributed by atoms with Gasteiger partial charge in [-0.05, 0) is 19.1 Å². The fraction of sp³-hybridized carbons (Fsp3) is 0.429. The van der Waals surface area contributed by atoms with Gasteiger partial charge in [-0.2, -0.15) is 0 Å². The van der Waals surface area contributed by atoms with Gasteiger partial charge in [-0.25, -0.2) is 0 Å². The summed E-state index contributed by atoms with van der Waals surface area (Å²) in [6, 6.07) is 5.34. The van der Waals surface area contributed by atoms with Crippen molar-refractivity contribution < 1.29 is 14.5 Å². The zero-order chi connectivity index (χ0) is 15.6. The SMILES string of the molecule is CCC(=O)N1CCN(c2ccc([N+](=O)[O-])cc2)C(=O)[C@@H]1C. The fourth-order valence-corrected chi connectivity index (χ4v) is 2.42. The Morgan fingerprint density at radius 2 is 1.95 bits per heavy atom. The van der Waals surface area contributed by atoms with Crippen LogP contribution in [0.5, 0.6) is 0 Å². The summed E-state index contributed by atoms with van der Waals surface area (Å²) in [4.78, 5) is 37.4. The Morgan fingerprint density at radius 1 is 1.33 bits per heavy atom. The van der Waals surface area contributed by atoms with Gasteiger partial charge in [-0.1, -0.05) is 6.92 Å². The third-order valence-electron chi connectivity index (χ3n) is 3.65. The number of hydrogen-bond donors (Lipinski definition) is 0. The Morgan fingerprint density at radius 3 is 2.48 bits per heavy atom. The molecule has 112 valence electrons. The van der Waals surface area contributed by atoms with E-state index in [0.717, 1.165) is 0 Å². The summed E-state index contributed by atoms with van der Waals surface area (Å²) in [6.07, 6.45) is 0.370. The maximum absolute atomic E-state index is 12.4. The lowest BCUT2D eigenvalue weighted by Crippen LogP contribution is -2.57. The Bertz CT molecular complexity index is 570. The molecule has 0 aromatic heterocycles. The standard InChI is InChI=1S/C14H17N3O4/c1-3-13(18)15-8-9-16(14(19)10(15)2)11-4-6-12(7-5-11)17(20)21/h4-7,10H,3,8-9H2,1-2H3/t10-/m0/s1. The van der Waals surface area contributed by atoms with Gasteiger partial charge in [0.15, 0.2) is 0 Å². The number of carbonyl (C=O) groups is 2. The van der Waals surface area contributed by atoms with E-state index in [9.17, 15) is 19.7 Å². The molecule has 0 aliphatic carbocycles.